The lowest BCUT2D eigenvalue weighted by Gasteiger charge is -2.28. The van der Waals surface area contributed by atoms with Crippen LogP contribution in [0.25, 0.3) is 0 Å². The van der Waals surface area contributed by atoms with Gasteiger partial charge in [0.1, 0.15) is 5.82 Å². The summed E-state index contributed by atoms with van der Waals surface area (Å²) < 4.78 is 1.73. The summed E-state index contributed by atoms with van der Waals surface area (Å²) in [5.74, 6) is 0.787. The van der Waals surface area contributed by atoms with Crippen molar-refractivity contribution in [1.82, 2.24) is 9.78 Å². The molecular weight excluding hydrogens is 204 g/mol. The van der Waals surface area contributed by atoms with Crippen LogP contribution in [0, 0.1) is 0 Å². The Morgan fingerprint density at radius 2 is 2.12 bits per heavy atom. The fourth-order valence-corrected chi connectivity index (χ4v) is 1.53. The first-order valence-corrected chi connectivity index (χ1v) is 5.67. The van der Waals surface area contributed by atoms with Crippen LogP contribution in [0.4, 0.5) is 11.5 Å². The van der Waals surface area contributed by atoms with E-state index in [1.165, 1.54) is 0 Å². The van der Waals surface area contributed by atoms with Gasteiger partial charge >= 0.3 is 0 Å². The predicted molar refractivity (Wildman–Crippen MR) is 66.4 cm³/mol. The Hall–Kier alpha value is -1.23. The average molecular weight is 226 g/mol. The third-order valence-electron chi connectivity index (χ3n) is 3.04. The topological polar surface area (TPSA) is 76.1 Å². The molecule has 5 nitrogen and oxygen atoms in total. The number of rotatable bonds is 5. The molecule has 0 aliphatic heterocycles. The van der Waals surface area contributed by atoms with Crippen molar-refractivity contribution in [2.45, 2.75) is 39.2 Å². The molecule has 4 N–H and O–H groups in total. The molecule has 0 aliphatic rings. The Morgan fingerprint density at radius 3 is 2.50 bits per heavy atom. The summed E-state index contributed by atoms with van der Waals surface area (Å²) in [5.41, 5.74) is 7.22. The Morgan fingerprint density at radius 1 is 1.50 bits per heavy atom. The van der Waals surface area contributed by atoms with Crippen molar-refractivity contribution in [1.29, 1.82) is 0 Å². The zero-order valence-electron chi connectivity index (χ0n) is 10.5. The van der Waals surface area contributed by atoms with E-state index in [4.69, 9.17) is 5.73 Å². The molecule has 0 bridgehead atoms. The number of aliphatic hydroxyl groups excluding tert-OH is 1. The molecule has 1 heterocycles. The number of anilines is 2. The second-order valence-electron chi connectivity index (χ2n) is 4.38. The number of aliphatic hydroxyl groups is 1. The van der Waals surface area contributed by atoms with Crippen LogP contribution >= 0.6 is 0 Å². The van der Waals surface area contributed by atoms with Crippen molar-refractivity contribution < 1.29 is 5.11 Å². The molecular formula is C11H22N4O. The minimum Gasteiger partial charge on any atom is -0.394 e. The van der Waals surface area contributed by atoms with Crippen LogP contribution in [-0.2, 0) is 13.5 Å². The minimum absolute atomic E-state index is 0.0651. The zero-order chi connectivity index (χ0) is 12.3. The number of hydrogen-bond donors (Lipinski definition) is 3. The van der Waals surface area contributed by atoms with E-state index >= 15 is 0 Å². The fourth-order valence-electron chi connectivity index (χ4n) is 1.53. The van der Waals surface area contributed by atoms with E-state index in [9.17, 15) is 5.11 Å². The van der Waals surface area contributed by atoms with Gasteiger partial charge in [-0.2, -0.15) is 5.10 Å². The molecule has 1 atom stereocenters. The summed E-state index contributed by atoms with van der Waals surface area (Å²) in [6.07, 6.45) is 1.62. The smallest absolute Gasteiger partial charge is 0.148 e. The monoisotopic (exact) mass is 226 g/mol. The van der Waals surface area contributed by atoms with Gasteiger partial charge in [-0.3, -0.25) is 4.68 Å². The Balaban J connectivity index is 3.01. The molecule has 0 saturated carbocycles. The van der Waals surface area contributed by atoms with Crippen LogP contribution in [0.5, 0.6) is 0 Å². The molecule has 0 spiro atoms. The van der Waals surface area contributed by atoms with Crippen LogP contribution in [0.15, 0.2) is 0 Å². The summed E-state index contributed by atoms with van der Waals surface area (Å²) >= 11 is 0. The van der Waals surface area contributed by atoms with E-state index in [1.54, 1.807) is 4.68 Å². The summed E-state index contributed by atoms with van der Waals surface area (Å²) in [5, 5.41) is 17.0. The molecule has 16 heavy (non-hydrogen) atoms. The molecule has 1 aromatic rings. The molecule has 0 fully saturated rings. The first-order valence-electron chi connectivity index (χ1n) is 5.67. The predicted octanol–water partition coefficient (Wildman–Crippen LogP) is 1.14. The highest BCUT2D eigenvalue weighted by molar-refractivity contribution is 5.65. The Kier molecular flexibility index (Phi) is 3.80. The highest BCUT2D eigenvalue weighted by Crippen LogP contribution is 2.26. The van der Waals surface area contributed by atoms with E-state index in [2.05, 4.69) is 10.4 Å². The lowest BCUT2D eigenvalue weighted by atomic mass is 10.0. The Bertz CT molecular complexity index is 355. The van der Waals surface area contributed by atoms with Crippen LogP contribution in [0.2, 0.25) is 0 Å². The molecule has 0 radical (unpaired) electrons. The first-order chi connectivity index (χ1) is 7.47. The van der Waals surface area contributed by atoms with Crippen LogP contribution in [-0.4, -0.2) is 27.0 Å². The number of nitrogens with one attached hydrogen (secondary N) is 1. The highest BCUT2D eigenvalue weighted by atomic mass is 16.3. The van der Waals surface area contributed by atoms with E-state index < -0.39 is 0 Å². The van der Waals surface area contributed by atoms with Crippen molar-refractivity contribution in [3.63, 3.8) is 0 Å². The van der Waals surface area contributed by atoms with E-state index in [0.717, 1.165) is 24.4 Å². The van der Waals surface area contributed by atoms with Gasteiger partial charge in [0.15, 0.2) is 0 Å². The van der Waals surface area contributed by atoms with Crippen LogP contribution in [0.1, 0.15) is 32.9 Å². The average Bonchev–Trinajstić information content (AvgIpc) is 2.56. The third-order valence-corrected chi connectivity index (χ3v) is 3.04. The molecule has 5 heteroatoms. The van der Waals surface area contributed by atoms with E-state index in [-0.39, 0.29) is 12.1 Å². The number of nitrogens with zero attached hydrogens (tertiary/aromatic N) is 2. The van der Waals surface area contributed by atoms with Crippen molar-refractivity contribution >= 4 is 11.5 Å². The Labute approximate surface area is 96.6 Å². The normalized spacial score (nSPS) is 14.8. The lowest BCUT2D eigenvalue weighted by molar-refractivity contribution is 0.218. The number of nitrogen functional groups attached to an aromatic ring is 1. The molecule has 1 aromatic heterocycles. The van der Waals surface area contributed by atoms with Gasteiger partial charge in [0.25, 0.3) is 0 Å². The molecule has 0 aromatic carbocycles. The van der Waals surface area contributed by atoms with E-state index in [0.29, 0.717) is 5.69 Å². The highest BCUT2D eigenvalue weighted by Gasteiger charge is 2.24. The van der Waals surface area contributed by atoms with Crippen LogP contribution in [0.3, 0.4) is 0 Å². The maximum absolute atomic E-state index is 9.36. The maximum atomic E-state index is 9.36. The van der Waals surface area contributed by atoms with Crippen molar-refractivity contribution in [3.8, 4) is 0 Å². The van der Waals surface area contributed by atoms with Gasteiger partial charge in [-0.1, -0.05) is 13.8 Å². The lowest BCUT2D eigenvalue weighted by Crippen LogP contribution is -2.38. The number of aromatic nitrogens is 2. The molecule has 1 rings (SSSR count). The quantitative estimate of drug-likeness (QED) is 0.703. The zero-order valence-corrected chi connectivity index (χ0v) is 10.5. The molecule has 0 saturated heterocycles. The van der Waals surface area contributed by atoms with Gasteiger partial charge < -0.3 is 16.2 Å². The second kappa shape index (κ2) is 4.74. The summed E-state index contributed by atoms with van der Waals surface area (Å²) in [6, 6.07) is 0. The van der Waals surface area contributed by atoms with Gasteiger partial charge in [0, 0.05) is 7.05 Å². The van der Waals surface area contributed by atoms with Crippen molar-refractivity contribution in [2.24, 2.45) is 7.05 Å². The van der Waals surface area contributed by atoms with Gasteiger partial charge in [-0.05, 0) is 19.8 Å². The van der Waals surface area contributed by atoms with Gasteiger partial charge in [-0.25, -0.2) is 0 Å². The SMILES string of the molecule is CCc1nn(C)c(NC(C)(CC)CO)c1N. The number of hydrogen-bond acceptors (Lipinski definition) is 4. The number of aryl methyl sites for hydroxylation is 2. The molecule has 0 amide bonds. The summed E-state index contributed by atoms with van der Waals surface area (Å²) in [4.78, 5) is 0. The fraction of sp³-hybridized carbons (Fsp3) is 0.727. The summed E-state index contributed by atoms with van der Waals surface area (Å²) in [7, 11) is 1.85. The number of nitrogens with two attached hydrogens (primary N) is 1. The van der Waals surface area contributed by atoms with Crippen molar-refractivity contribution in [2.75, 3.05) is 17.7 Å². The minimum atomic E-state index is -0.354. The van der Waals surface area contributed by atoms with Gasteiger partial charge in [0.05, 0.1) is 23.5 Å². The molecule has 92 valence electrons. The first kappa shape index (κ1) is 12.8. The summed E-state index contributed by atoms with van der Waals surface area (Å²) in [6.45, 7) is 6.07. The third kappa shape index (κ3) is 2.29. The van der Waals surface area contributed by atoms with Gasteiger partial charge in [-0.15, -0.1) is 0 Å². The largest absolute Gasteiger partial charge is 0.394 e. The van der Waals surface area contributed by atoms with Crippen LogP contribution < -0.4 is 11.1 Å². The molecule has 0 aliphatic carbocycles. The molecule has 1 unspecified atom stereocenters. The van der Waals surface area contributed by atoms with E-state index in [1.807, 2.05) is 27.8 Å². The van der Waals surface area contributed by atoms with Crippen molar-refractivity contribution in [3.05, 3.63) is 5.69 Å². The second-order valence-corrected chi connectivity index (χ2v) is 4.38. The standard InChI is InChI=1S/C11H22N4O/c1-5-8-9(12)10(15(4)14-8)13-11(3,6-2)7-16/h13,16H,5-7,12H2,1-4H3. The van der Waals surface area contributed by atoms with Gasteiger partial charge in [0.2, 0.25) is 0 Å². The maximum Gasteiger partial charge on any atom is 0.148 e.